The van der Waals surface area contributed by atoms with E-state index in [2.05, 4.69) is 21.8 Å². The van der Waals surface area contributed by atoms with E-state index in [-0.39, 0.29) is 17.8 Å². The summed E-state index contributed by atoms with van der Waals surface area (Å²) in [4.78, 5) is 22.6. The summed E-state index contributed by atoms with van der Waals surface area (Å²) >= 11 is 0. The monoisotopic (exact) mass is 361 g/mol. The van der Waals surface area contributed by atoms with E-state index in [1.54, 1.807) is 6.92 Å². The largest absolute Gasteiger partial charge is 0.487 e. The van der Waals surface area contributed by atoms with E-state index in [0.29, 0.717) is 6.42 Å². The molecular formula is C22H23N3O2. The second kappa shape index (κ2) is 7.35. The van der Waals surface area contributed by atoms with Gasteiger partial charge < -0.3 is 14.4 Å². The molecule has 1 aromatic heterocycles. The maximum atomic E-state index is 11.3. The lowest BCUT2D eigenvalue weighted by Gasteiger charge is -2.39. The van der Waals surface area contributed by atoms with Crippen LogP contribution >= 0.6 is 0 Å². The summed E-state index contributed by atoms with van der Waals surface area (Å²) in [7, 11) is 0. The molecule has 0 unspecified atom stereocenters. The van der Waals surface area contributed by atoms with Crippen molar-refractivity contribution in [3.8, 4) is 5.75 Å². The number of ether oxygens (including phenoxy) is 1. The van der Waals surface area contributed by atoms with Crippen LogP contribution in [0.4, 0.5) is 5.82 Å². The molecule has 3 aromatic rings. The third kappa shape index (κ3) is 3.92. The summed E-state index contributed by atoms with van der Waals surface area (Å²) in [6, 6.07) is 16.0. The second-order valence-electron chi connectivity index (χ2n) is 7.24. The van der Waals surface area contributed by atoms with Crippen molar-refractivity contribution in [3.63, 3.8) is 0 Å². The Hall–Kier alpha value is -2.95. The minimum Gasteiger partial charge on any atom is -0.487 e. The van der Waals surface area contributed by atoms with Gasteiger partial charge in [-0.05, 0) is 42.7 Å². The molecule has 1 aliphatic heterocycles. The summed E-state index contributed by atoms with van der Waals surface area (Å²) in [5, 5.41) is 0. The van der Waals surface area contributed by atoms with Gasteiger partial charge in [0.15, 0.2) is 0 Å². The Morgan fingerprint density at radius 2 is 1.85 bits per heavy atom. The molecule has 138 valence electrons. The van der Waals surface area contributed by atoms with E-state index in [1.165, 1.54) is 5.56 Å². The van der Waals surface area contributed by atoms with E-state index >= 15 is 0 Å². The third-order valence-corrected chi connectivity index (χ3v) is 4.95. The standard InChI is InChI=1S/C22H23N3O2/c1-15(11-16(2)26)17-7-9-18(10-8-17)27-19-13-25(14-19)22-12-23-20-5-3-4-6-21(20)24-22/h3-10,12,15,19H,11,13-14H2,1-2H3/t15-/m1/s1. The minimum absolute atomic E-state index is 0.152. The van der Waals surface area contributed by atoms with Gasteiger partial charge >= 0.3 is 0 Å². The van der Waals surface area contributed by atoms with Gasteiger partial charge in [-0.25, -0.2) is 4.98 Å². The maximum absolute atomic E-state index is 11.3. The molecule has 2 heterocycles. The van der Waals surface area contributed by atoms with Gasteiger partial charge in [-0.15, -0.1) is 0 Å². The summed E-state index contributed by atoms with van der Waals surface area (Å²) < 4.78 is 6.05. The fourth-order valence-electron chi connectivity index (χ4n) is 3.42. The Morgan fingerprint density at radius 1 is 1.15 bits per heavy atom. The molecule has 1 aliphatic rings. The number of nitrogens with zero attached hydrogens (tertiary/aromatic N) is 3. The Balaban J connectivity index is 1.33. The van der Waals surface area contributed by atoms with Gasteiger partial charge in [-0.1, -0.05) is 31.2 Å². The molecule has 2 aromatic carbocycles. The number of carbonyl (C=O) groups excluding carboxylic acids is 1. The van der Waals surface area contributed by atoms with E-state index in [1.807, 2.05) is 54.7 Å². The molecule has 0 saturated carbocycles. The van der Waals surface area contributed by atoms with Crippen molar-refractivity contribution in [2.45, 2.75) is 32.3 Å². The van der Waals surface area contributed by atoms with Crippen LogP contribution in [0.15, 0.2) is 54.7 Å². The number of carbonyl (C=O) groups is 1. The van der Waals surface area contributed by atoms with Crippen LogP contribution in [-0.2, 0) is 4.79 Å². The van der Waals surface area contributed by atoms with Crippen LogP contribution in [0.5, 0.6) is 5.75 Å². The maximum Gasteiger partial charge on any atom is 0.148 e. The number of aromatic nitrogens is 2. The first kappa shape index (κ1) is 17.5. The molecule has 0 radical (unpaired) electrons. The van der Waals surface area contributed by atoms with Gasteiger partial charge in [0.1, 0.15) is 23.5 Å². The fourth-order valence-corrected chi connectivity index (χ4v) is 3.42. The van der Waals surface area contributed by atoms with Gasteiger partial charge in [0.05, 0.1) is 30.3 Å². The molecule has 0 amide bonds. The number of ketones is 1. The molecule has 5 heteroatoms. The highest BCUT2D eigenvalue weighted by molar-refractivity contribution is 5.76. The predicted molar refractivity (Wildman–Crippen MR) is 106 cm³/mol. The van der Waals surface area contributed by atoms with Crippen molar-refractivity contribution in [1.82, 2.24) is 9.97 Å². The second-order valence-corrected chi connectivity index (χ2v) is 7.24. The SMILES string of the molecule is CC(=O)C[C@@H](C)c1ccc(OC2CN(c3cnc4ccccc4n3)C2)cc1. The lowest BCUT2D eigenvalue weighted by molar-refractivity contribution is -0.117. The molecule has 0 bridgehead atoms. The first-order valence-corrected chi connectivity index (χ1v) is 9.31. The lowest BCUT2D eigenvalue weighted by Crippen LogP contribution is -2.54. The highest BCUT2D eigenvalue weighted by Crippen LogP contribution is 2.26. The summed E-state index contributed by atoms with van der Waals surface area (Å²) in [5.74, 6) is 2.21. The zero-order chi connectivity index (χ0) is 18.8. The van der Waals surface area contributed by atoms with Crippen LogP contribution in [0.25, 0.3) is 11.0 Å². The Kier molecular flexibility index (Phi) is 4.75. The minimum atomic E-state index is 0.152. The Labute approximate surface area is 159 Å². The zero-order valence-corrected chi connectivity index (χ0v) is 15.6. The highest BCUT2D eigenvalue weighted by atomic mass is 16.5. The summed E-state index contributed by atoms with van der Waals surface area (Å²) in [6.07, 6.45) is 2.55. The number of hydrogen-bond acceptors (Lipinski definition) is 5. The number of fused-ring (bicyclic) bond motifs is 1. The molecule has 1 fully saturated rings. The fraction of sp³-hybridized carbons (Fsp3) is 0.318. The van der Waals surface area contributed by atoms with Crippen LogP contribution in [0.3, 0.4) is 0 Å². The first-order chi connectivity index (χ1) is 13.1. The number of anilines is 1. The number of benzene rings is 2. The van der Waals surface area contributed by atoms with Gasteiger partial charge in [0.2, 0.25) is 0 Å². The first-order valence-electron chi connectivity index (χ1n) is 9.31. The van der Waals surface area contributed by atoms with Gasteiger partial charge in [0.25, 0.3) is 0 Å². The van der Waals surface area contributed by atoms with Crippen LogP contribution in [-0.4, -0.2) is 34.9 Å². The van der Waals surface area contributed by atoms with Crippen LogP contribution in [0.1, 0.15) is 31.7 Å². The normalized spacial score (nSPS) is 15.4. The number of rotatable bonds is 6. The van der Waals surface area contributed by atoms with Gasteiger partial charge in [-0.2, -0.15) is 0 Å². The molecular weight excluding hydrogens is 338 g/mol. The van der Waals surface area contributed by atoms with Crippen molar-refractivity contribution in [1.29, 1.82) is 0 Å². The average Bonchev–Trinajstić information content (AvgIpc) is 2.64. The van der Waals surface area contributed by atoms with Crippen molar-refractivity contribution >= 4 is 22.6 Å². The van der Waals surface area contributed by atoms with Crippen molar-refractivity contribution in [2.75, 3.05) is 18.0 Å². The summed E-state index contributed by atoms with van der Waals surface area (Å²) in [5.41, 5.74) is 2.99. The third-order valence-electron chi connectivity index (χ3n) is 4.95. The molecule has 27 heavy (non-hydrogen) atoms. The summed E-state index contributed by atoms with van der Waals surface area (Å²) in [6.45, 7) is 5.31. The van der Waals surface area contributed by atoms with E-state index in [0.717, 1.165) is 35.7 Å². The van der Waals surface area contributed by atoms with Gasteiger partial charge in [0, 0.05) is 6.42 Å². The predicted octanol–water partition coefficient (Wildman–Crippen LogP) is 3.98. The van der Waals surface area contributed by atoms with E-state index < -0.39 is 0 Å². The number of Topliss-reactive ketones (excluding diaryl/α,β-unsaturated/α-hetero) is 1. The van der Waals surface area contributed by atoms with Crippen LogP contribution < -0.4 is 9.64 Å². The van der Waals surface area contributed by atoms with E-state index in [4.69, 9.17) is 4.74 Å². The topological polar surface area (TPSA) is 55.3 Å². The van der Waals surface area contributed by atoms with Crippen molar-refractivity contribution in [3.05, 3.63) is 60.3 Å². The molecule has 1 atom stereocenters. The zero-order valence-electron chi connectivity index (χ0n) is 15.6. The highest BCUT2D eigenvalue weighted by Gasteiger charge is 2.30. The van der Waals surface area contributed by atoms with Crippen molar-refractivity contribution in [2.24, 2.45) is 0 Å². The number of hydrogen-bond donors (Lipinski definition) is 0. The quantitative estimate of drug-likeness (QED) is 0.665. The molecule has 5 nitrogen and oxygen atoms in total. The van der Waals surface area contributed by atoms with Crippen LogP contribution in [0, 0.1) is 0 Å². The molecule has 4 rings (SSSR count). The van der Waals surface area contributed by atoms with Crippen molar-refractivity contribution < 1.29 is 9.53 Å². The molecule has 1 saturated heterocycles. The molecule has 0 N–H and O–H groups in total. The van der Waals surface area contributed by atoms with Gasteiger partial charge in [-0.3, -0.25) is 4.98 Å². The lowest BCUT2D eigenvalue weighted by atomic mass is 9.96. The molecule has 0 aliphatic carbocycles. The number of para-hydroxylation sites is 2. The van der Waals surface area contributed by atoms with Crippen LogP contribution in [0.2, 0.25) is 0 Å². The Bertz CT molecular complexity index is 949. The average molecular weight is 361 g/mol. The van der Waals surface area contributed by atoms with E-state index in [9.17, 15) is 4.79 Å². The smallest absolute Gasteiger partial charge is 0.148 e. The Morgan fingerprint density at radius 3 is 2.56 bits per heavy atom. The molecule has 0 spiro atoms.